The van der Waals surface area contributed by atoms with E-state index in [1.165, 1.54) is 19.4 Å². The predicted molar refractivity (Wildman–Crippen MR) is 113 cm³/mol. The van der Waals surface area contributed by atoms with Gasteiger partial charge in [-0.05, 0) is 51.9 Å². The molecule has 6 nitrogen and oxygen atoms in total. The lowest BCUT2D eigenvalue weighted by Gasteiger charge is -2.45. The molecule has 1 aliphatic carbocycles. The molecular weight excluding hydrogens is 384 g/mol. The molecule has 3 aliphatic rings. The fraction of sp³-hybridized carbons (Fsp3) is 0.833. The van der Waals surface area contributed by atoms with Crippen molar-refractivity contribution in [1.29, 1.82) is 0 Å². The average molecular weight is 423 g/mol. The van der Waals surface area contributed by atoms with E-state index >= 15 is 0 Å². The molecule has 0 aromatic rings. The number of rotatable bonds is 3. The van der Waals surface area contributed by atoms with E-state index in [0.29, 0.717) is 31.1 Å². The Kier molecular flexibility index (Phi) is 6.41. The Morgan fingerprint density at radius 2 is 1.90 bits per heavy atom. The van der Waals surface area contributed by atoms with Crippen LogP contribution in [-0.2, 0) is 23.8 Å². The monoisotopic (exact) mass is 422 g/mol. The Morgan fingerprint density at radius 1 is 1.23 bits per heavy atom. The van der Waals surface area contributed by atoms with Crippen molar-refractivity contribution >= 4 is 11.9 Å². The van der Waals surface area contributed by atoms with Crippen molar-refractivity contribution in [2.45, 2.75) is 104 Å². The van der Waals surface area contributed by atoms with Crippen molar-refractivity contribution in [3.63, 3.8) is 0 Å². The molecule has 1 N–H and O–H groups in total. The summed E-state index contributed by atoms with van der Waals surface area (Å²) in [5, 5.41) is 11.4. The summed E-state index contributed by atoms with van der Waals surface area (Å²) in [4.78, 5) is 23.8. The fourth-order valence-corrected chi connectivity index (χ4v) is 6.18. The minimum absolute atomic E-state index is 0.147. The zero-order valence-corrected chi connectivity index (χ0v) is 19.4. The second kappa shape index (κ2) is 8.27. The minimum atomic E-state index is -1.23. The molecule has 2 aliphatic heterocycles. The van der Waals surface area contributed by atoms with Crippen LogP contribution in [0.3, 0.4) is 0 Å². The normalized spacial score (nSPS) is 43.7. The van der Waals surface area contributed by atoms with Crippen LogP contribution in [0.1, 0.15) is 74.1 Å². The number of hydrogen-bond acceptors (Lipinski definition) is 6. The van der Waals surface area contributed by atoms with Gasteiger partial charge in [-0.1, -0.05) is 25.5 Å². The lowest BCUT2D eigenvalue weighted by Crippen LogP contribution is -2.52. The van der Waals surface area contributed by atoms with Crippen LogP contribution in [0.25, 0.3) is 0 Å². The highest BCUT2D eigenvalue weighted by molar-refractivity contribution is 5.67. The number of esters is 2. The Morgan fingerprint density at radius 3 is 2.47 bits per heavy atom. The van der Waals surface area contributed by atoms with Crippen LogP contribution in [0.5, 0.6) is 0 Å². The van der Waals surface area contributed by atoms with Gasteiger partial charge in [-0.25, -0.2) is 0 Å². The lowest BCUT2D eigenvalue weighted by atomic mass is 9.62. The number of hydrogen-bond donors (Lipinski definition) is 1. The maximum Gasteiger partial charge on any atom is 0.303 e. The number of allylic oxidation sites excluding steroid dienone is 1. The van der Waals surface area contributed by atoms with Gasteiger partial charge in [0.25, 0.3) is 0 Å². The van der Waals surface area contributed by atoms with Gasteiger partial charge in [-0.2, -0.15) is 0 Å². The van der Waals surface area contributed by atoms with Crippen LogP contribution in [0.15, 0.2) is 11.6 Å². The van der Waals surface area contributed by atoms with E-state index in [9.17, 15) is 14.7 Å². The Hall–Kier alpha value is -1.40. The zero-order chi connectivity index (χ0) is 22.4. The SMILES string of the molecule is CC(=O)OC1CCC(C)(OC(C)=O)C2OC(CC1(C)O)C1C(C)=CCC(C(C)C)C12. The molecule has 30 heavy (non-hydrogen) atoms. The van der Waals surface area contributed by atoms with Crippen LogP contribution < -0.4 is 0 Å². The topological polar surface area (TPSA) is 82.1 Å². The molecule has 3 rings (SSSR count). The zero-order valence-electron chi connectivity index (χ0n) is 19.4. The van der Waals surface area contributed by atoms with Crippen LogP contribution in [0.4, 0.5) is 0 Å². The van der Waals surface area contributed by atoms with E-state index < -0.39 is 23.3 Å². The summed E-state index contributed by atoms with van der Waals surface area (Å²) < 4.78 is 18.1. The Labute approximate surface area is 180 Å². The van der Waals surface area contributed by atoms with Crippen molar-refractivity contribution in [3.05, 3.63) is 11.6 Å². The fourth-order valence-electron chi connectivity index (χ4n) is 6.18. The van der Waals surface area contributed by atoms with Gasteiger partial charge in [0, 0.05) is 32.1 Å². The molecule has 0 saturated carbocycles. The number of aliphatic hydroxyl groups is 1. The standard InChI is InChI=1S/C24H38O6/c1-13(2)17-9-8-14(3)20-18-12-23(6,27)19(28-15(4)25)10-11-24(7,30-16(5)26)22(29-18)21(17)20/h8,13,17-22,27H,9-12H2,1-7H3. The van der Waals surface area contributed by atoms with E-state index in [2.05, 4.69) is 26.8 Å². The van der Waals surface area contributed by atoms with Crippen molar-refractivity contribution in [3.8, 4) is 0 Å². The van der Waals surface area contributed by atoms with E-state index in [0.717, 1.165) is 6.42 Å². The summed E-state index contributed by atoms with van der Waals surface area (Å²) >= 11 is 0. The van der Waals surface area contributed by atoms with Crippen molar-refractivity contribution < 1.29 is 28.9 Å². The molecule has 2 fully saturated rings. The van der Waals surface area contributed by atoms with E-state index in [4.69, 9.17) is 14.2 Å². The molecule has 0 spiro atoms. The number of carbonyl (C=O) groups is 2. The third kappa shape index (κ3) is 4.31. The molecule has 0 aromatic heterocycles. The number of ether oxygens (including phenoxy) is 3. The molecule has 2 heterocycles. The first kappa shape index (κ1) is 23.3. The lowest BCUT2D eigenvalue weighted by molar-refractivity contribution is -0.179. The van der Waals surface area contributed by atoms with Gasteiger partial charge in [-0.15, -0.1) is 0 Å². The van der Waals surface area contributed by atoms with Crippen molar-refractivity contribution in [2.24, 2.45) is 23.7 Å². The molecule has 2 bridgehead atoms. The second-order valence-corrected chi connectivity index (χ2v) is 10.4. The largest absolute Gasteiger partial charge is 0.460 e. The molecule has 2 saturated heterocycles. The predicted octanol–water partition coefficient (Wildman–Crippen LogP) is 3.80. The third-order valence-corrected chi connectivity index (χ3v) is 7.57. The van der Waals surface area contributed by atoms with Crippen LogP contribution >= 0.6 is 0 Å². The second-order valence-electron chi connectivity index (χ2n) is 10.4. The first-order chi connectivity index (χ1) is 13.9. The van der Waals surface area contributed by atoms with Gasteiger partial charge >= 0.3 is 11.9 Å². The summed E-state index contributed by atoms with van der Waals surface area (Å²) in [6.07, 6.45) is 3.35. The Balaban J connectivity index is 2.08. The average Bonchev–Trinajstić information content (AvgIpc) is 2.98. The molecule has 6 heteroatoms. The number of carbonyl (C=O) groups excluding carboxylic acids is 2. The maximum absolute atomic E-state index is 12.1. The summed E-state index contributed by atoms with van der Waals surface area (Å²) in [6.45, 7) is 13.1. The molecule has 8 atom stereocenters. The van der Waals surface area contributed by atoms with Gasteiger partial charge in [0.15, 0.2) is 0 Å². The molecule has 8 unspecified atom stereocenters. The van der Waals surface area contributed by atoms with Crippen LogP contribution in [0.2, 0.25) is 0 Å². The van der Waals surface area contributed by atoms with Gasteiger partial charge in [0.1, 0.15) is 23.4 Å². The smallest absolute Gasteiger partial charge is 0.303 e. The quantitative estimate of drug-likeness (QED) is 0.550. The molecule has 0 aromatic carbocycles. The van der Waals surface area contributed by atoms with Crippen molar-refractivity contribution in [1.82, 2.24) is 0 Å². The molecule has 0 radical (unpaired) electrons. The first-order valence-electron chi connectivity index (χ1n) is 11.3. The van der Waals surface area contributed by atoms with E-state index in [-0.39, 0.29) is 30.0 Å². The van der Waals surface area contributed by atoms with Crippen molar-refractivity contribution in [2.75, 3.05) is 0 Å². The molecule has 170 valence electrons. The highest BCUT2D eigenvalue weighted by atomic mass is 16.6. The maximum atomic E-state index is 12.1. The van der Waals surface area contributed by atoms with E-state index in [1.54, 1.807) is 6.92 Å². The highest BCUT2D eigenvalue weighted by Gasteiger charge is 2.60. The summed E-state index contributed by atoms with van der Waals surface area (Å²) in [5.74, 6) is 0.466. The first-order valence-corrected chi connectivity index (χ1v) is 11.3. The Bertz CT molecular complexity index is 710. The van der Waals surface area contributed by atoms with E-state index in [1.807, 2.05) is 6.92 Å². The van der Waals surface area contributed by atoms with Gasteiger partial charge in [0.05, 0.1) is 6.10 Å². The third-order valence-electron chi connectivity index (χ3n) is 7.57. The molecule has 0 amide bonds. The number of fused-ring (bicyclic) bond motifs is 5. The van der Waals surface area contributed by atoms with Gasteiger partial charge in [-0.3, -0.25) is 9.59 Å². The summed E-state index contributed by atoms with van der Waals surface area (Å²) in [7, 11) is 0. The molecular formula is C24H38O6. The van der Waals surface area contributed by atoms with Crippen LogP contribution in [-0.4, -0.2) is 46.6 Å². The van der Waals surface area contributed by atoms with Gasteiger partial charge in [0.2, 0.25) is 0 Å². The van der Waals surface area contributed by atoms with Crippen LogP contribution in [0, 0.1) is 23.7 Å². The minimum Gasteiger partial charge on any atom is -0.460 e. The summed E-state index contributed by atoms with van der Waals surface area (Å²) in [5.41, 5.74) is -0.815. The van der Waals surface area contributed by atoms with Gasteiger partial charge < -0.3 is 19.3 Å². The summed E-state index contributed by atoms with van der Waals surface area (Å²) in [6, 6.07) is 0. The highest BCUT2D eigenvalue weighted by Crippen LogP contribution is 2.54.